The van der Waals surface area contributed by atoms with Crippen molar-refractivity contribution in [1.29, 1.82) is 0 Å². The minimum atomic E-state index is 1.01. The summed E-state index contributed by atoms with van der Waals surface area (Å²) >= 11 is 0. The van der Waals surface area contributed by atoms with Gasteiger partial charge in [-0.15, -0.1) is 0 Å². The highest BCUT2D eigenvalue weighted by atomic mass is 15.1. The maximum Gasteiger partial charge on any atom is 0.0441 e. The zero-order chi connectivity index (χ0) is 11.8. The number of benzene rings is 2. The number of nitrogens with one attached hydrogen (secondary N) is 1. The number of rotatable bonds is 1. The van der Waals surface area contributed by atoms with Gasteiger partial charge in [0.1, 0.15) is 0 Å². The highest BCUT2D eigenvalue weighted by Crippen LogP contribution is 2.37. The summed E-state index contributed by atoms with van der Waals surface area (Å²) in [5, 5.41) is 3.51. The van der Waals surface area contributed by atoms with Crippen molar-refractivity contribution in [3.05, 3.63) is 53.6 Å². The standard InChI is InChI=1S/C15H16N2/c1-17(2)15-9-5-8-14-12(15)10-11-6-3-4-7-13(11)16-14/h3-9,16H,10H2,1-2H3. The van der Waals surface area contributed by atoms with Gasteiger partial charge in [-0.3, -0.25) is 0 Å². The van der Waals surface area contributed by atoms with Gasteiger partial charge in [-0.2, -0.15) is 0 Å². The van der Waals surface area contributed by atoms with E-state index in [9.17, 15) is 0 Å². The number of hydrogen-bond acceptors (Lipinski definition) is 2. The zero-order valence-corrected chi connectivity index (χ0v) is 10.2. The summed E-state index contributed by atoms with van der Waals surface area (Å²) in [6.07, 6.45) is 1.01. The molecule has 0 radical (unpaired) electrons. The van der Waals surface area contributed by atoms with Crippen molar-refractivity contribution in [2.45, 2.75) is 6.42 Å². The van der Waals surface area contributed by atoms with Crippen LogP contribution < -0.4 is 10.2 Å². The molecule has 0 atom stereocenters. The average molecular weight is 224 g/mol. The van der Waals surface area contributed by atoms with E-state index in [2.05, 4.69) is 66.8 Å². The number of anilines is 3. The van der Waals surface area contributed by atoms with Crippen molar-refractivity contribution < 1.29 is 0 Å². The molecule has 0 unspecified atom stereocenters. The van der Waals surface area contributed by atoms with E-state index in [1.807, 2.05) is 0 Å². The van der Waals surface area contributed by atoms with Crippen LogP contribution in [-0.2, 0) is 6.42 Å². The van der Waals surface area contributed by atoms with Crippen molar-refractivity contribution in [3.63, 3.8) is 0 Å². The SMILES string of the molecule is CN(C)c1cccc2c1Cc1ccccc1N2. The van der Waals surface area contributed by atoms with Gasteiger partial charge in [0.25, 0.3) is 0 Å². The summed E-state index contributed by atoms with van der Waals surface area (Å²) in [7, 11) is 4.19. The fourth-order valence-electron chi connectivity index (χ4n) is 2.43. The largest absolute Gasteiger partial charge is 0.377 e. The van der Waals surface area contributed by atoms with Gasteiger partial charge >= 0.3 is 0 Å². The fourth-order valence-corrected chi connectivity index (χ4v) is 2.43. The molecular formula is C15H16N2. The van der Waals surface area contributed by atoms with Crippen LogP contribution in [0.3, 0.4) is 0 Å². The van der Waals surface area contributed by atoms with Crippen molar-refractivity contribution in [3.8, 4) is 0 Å². The lowest BCUT2D eigenvalue weighted by molar-refractivity contribution is 1.07. The Hall–Kier alpha value is -1.96. The normalized spacial score (nSPS) is 12.4. The molecule has 2 aromatic rings. The molecule has 0 spiro atoms. The van der Waals surface area contributed by atoms with Gasteiger partial charge < -0.3 is 10.2 Å². The smallest absolute Gasteiger partial charge is 0.0441 e. The van der Waals surface area contributed by atoms with Crippen LogP contribution in [0.5, 0.6) is 0 Å². The van der Waals surface area contributed by atoms with Crippen LogP contribution in [0.1, 0.15) is 11.1 Å². The predicted molar refractivity (Wildman–Crippen MR) is 73.3 cm³/mol. The minimum absolute atomic E-state index is 1.01. The van der Waals surface area contributed by atoms with E-state index >= 15 is 0 Å². The van der Waals surface area contributed by atoms with Crippen LogP contribution >= 0.6 is 0 Å². The van der Waals surface area contributed by atoms with Gasteiger partial charge in [0.05, 0.1) is 0 Å². The summed E-state index contributed by atoms with van der Waals surface area (Å²) < 4.78 is 0. The molecule has 1 heterocycles. The fraction of sp³-hybridized carbons (Fsp3) is 0.200. The Morgan fingerprint density at radius 2 is 1.71 bits per heavy atom. The van der Waals surface area contributed by atoms with Crippen LogP contribution in [0.25, 0.3) is 0 Å². The third-order valence-corrected chi connectivity index (χ3v) is 3.29. The molecule has 1 N–H and O–H groups in total. The Bertz CT molecular complexity index is 559. The molecule has 0 fully saturated rings. The summed E-state index contributed by atoms with van der Waals surface area (Å²) in [5.41, 5.74) is 6.51. The molecule has 0 amide bonds. The lowest BCUT2D eigenvalue weighted by atomic mass is 9.95. The molecule has 2 heteroatoms. The van der Waals surface area contributed by atoms with Crippen LogP contribution in [0.4, 0.5) is 17.1 Å². The Labute approximate surface area is 102 Å². The van der Waals surface area contributed by atoms with Crippen LogP contribution in [0.15, 0.2) is 42.5 Å². The molecule has 0 saturated carbocycles. The summed E-state index contributed by atoms with van der Waals surface area (Å²) in [6.45, 7) is 0. The second-order valence-electron chi connectivity index (χ2n) is 4.66. The van der Waals surface area contributed by atoms with Crippen molar-refractivity contribution in [2.24, 2.45) is 0 Å². The summed E-state index contributed by atoms with van der Waals surface area (Å²) in [5.74, 6) is 0. The summed E-state index contributed by atoms with van der Waals surface area (Å²) in [4.78, 5) is 2.18. The van der Waals surface area contributed by atoms with Gasteiger partial charge in [0.2, 0.25) is 0 Å². The van der Waals surface area contributed by atoms with Gasteiger partial charge in [0.15, 0.2) is 0 Å². The van der Waals surface area contributed by atoms with Gasteiger partial charge in [0, 0.05) is 43.1 Å². The molecular weight excluding hydrogens is 208 g/mol. The maximum absolute atomic E-state index is 3.51. The van der Waals surface area contributed by atoms with Gasteiger partial charge in [-0.05, 0) is 23.8 Å². The first-order valence-corrected chi connectivity index (χ1v) is 5.90. The van der Waals surface area contributed by atoms with Crippen LogP contribution in [0.2, 0.25) is 0 Å². The highest BCUT2D eigenvalue weighted by molar-refractivity contribution is 5.77. The Kier molecular flexibility index (Phi) is 2.29. The third kappa shape index (κ3) is 1.66. The number of hydrogen-bond donors (Lipinski definition) is 1. The lowest BCUT2D eigenvalue weighted by Crippen LogP contribution is -2.15. The molecule has 86 valence electrons. The molecule has 2 nitrogen and oxygen atoms in total. The average Bonchev–Trinajstić information content (AvgIpc) is 2.35. The molecule has 0 aliphatic carbocycles. The molecule has 1 aliphatic heterocycles. The number of fused-ring (bicyclic) bond motifs is 2. The van der Waals surface area contributed by atoms with Gasteiger partial charge in [-0.25, -0.2) is 0 Å². The Balaban J connectivity index is 2.12. The molecule has 2 aromatic carbocycles. The minimum Gasteiger partial charge on any atom is -0.377 e. The van der Waals surface area contributed by atoms with Crippen LogP contribution in [0, 0.1) is 0 Å². The van der Waals surface area contributed by atoms with E-state index in [0.29, 0.717) is 0 Å². The van der Waals surface area contributed by atoms with E-state index in [0.717, 1.165) is 6.42 Å². The molecule has 0 aromatic heterocycles. The second-order valence-corrected chi connectivity index (χ2v) is 4.66. The topological polar surface area (TPSA) is 15.3 Å². The van der Waals surface area contributed by atoms with E-state index in [-0.39, 0.29) is 0 Å². The first-order chi connectivity index (χ1) is 8.25. The predicted octanol–water partition coefficient (Wildman–Crippen LogP) is 3.40. The third-order valence-electron chi connectivity index (χ3n) is 3.29. The molecule has 17 heavy (non-hydrogen) atoms. The maximum atomic E-state index is 3.51. The molecule has 0 saturated heterocycles. The quantitative estimate of drug-likeness (QED) is 0.681. The van der Waals surface area contributed by atoms with Crippen LogP contribution in [-0.4, -0.2) is 14.1 Å². The zero-order valence-electron chi connectivity index (χ0n) is 10.2. The highest BCUT2D eigenvalue weighted by Gasteiger charge is 2.17. The monoisotopic (exact) mass is 224 g/mol. The Morgan fingerprint density at radius 1 is 0.941 bits per heavy atom. The molecule has 1 aliphatic rings. The molecule has 3 rings (SSSR count). The number of para-hydroxylation sites is 1. The van der Waals surface area contributed by atoms with E-state index in [4.69, 9.17) is 0 Å². The first kappa shape index (κ1) is 10.2. The van der Waals surface area contributed by atoms with E-state index < -0.39 is 0 Å². The Morgan fingerprint density at radius 3 is 2.53 bits per heavy atom. The summed E-state index contributed by atoms with van der Waals surface area (Å²) in [6, 6.07) is 14.9. The second kappa shape index (κ2) is 3.81. The van der Waals surface area contributed by atoms with Crippen molar-refractivity contribution in [2.75, 3.05) is 24.3 Å². The lowest BCUT2D eigenvalue weighted by Gasteiger charge is -2.26. The van der Waals surface area contributed by atoms with Gasteiger partial charge in [-0.1, -0.05) is 24.3 Å². The van der Waals surface area contributed by atoms with Crippen molar-refractivity contribution >= 4 is 17.1 Å². The first-order valence-electron chi connectivity index (χ1n) is 5.90. The van der Waals surface area contributed by atoms with Crippen molar-refractivity contribution in [1.82, 2.24) is 0 Å². The number of nitrogens with zero attached hydrogens (tertiary/aromatic N) is 1. The molecule has 0 bridgehead atoms. The van der Waals surface area contributed by atoms with E-state index in [1.165, 1.54) is 28.2 Å². The van der Waals surface area contributed by atoms with E-state index in [1.54, 1.807) is 0 Å².